The lowest BCUT2D eigenvalue weighted by atomic mass is 9.98. The first-order valence-corrected chi connectivity index (χ1v) is 9.80. The Kier molecular flexibility index (Phi) is 5.34. The van der Waals surface area contributed by atoms with Gasteiger partial charge in [-0.2, -0.15) is 0 Å². The van der Waals surface area contributed by atoms with Gasteiger partial charge < -0.3 is 4.57 Å². The lowest BCUT2D eigenvalue weighted by Gasteiger charge is -2.11. The molecule has 4 heteroatoms. The number of rotatable bonds is 5. The van der Waals surface area contributed by atoms with E-state index in [-0.39, 0.29) is 5.56 Å². The van der Waals surface area contributed by atoms with Crippen LogP contribution in [0.1, 0.15) is 23.6 Å². The molecule has 4 aromatic rings. The second-order valence-electron chi connectivity index (χ2n) is 7.07. The Labute approximate surface area is 170 Å². The zero-order valence-corrected chi connectivity index (χ0v) is 16.7. The van der Waals surface area contributed by atoms with Crippen molar-refractivity contribution in [3.8, 4) is 11.1 Å². The molecule has 0 saturated carbocycles. The second-order valence-corrected chi connectivity index (χ2v) is 7.07. The third-order valence-corrected chi connectivity index (χ3v) is 5.05. The van der Waals surface area contributed by atoms with Crippen molar-refractivity contribution < 1.29 is 0 Å². The van der Waals surface area contributed by atoms with Gasteiger partial charge in [0.2, 0.25) is 0 Å². The van der Waals surface area contributed by atoms with E-state index < -0.39 is 0 Å². The molecule has 3 aromatic carbocycles. The highest BCUT2D eigenvalue weighted by molar-refractivity contribution is 5.84. The number of aryl methyl sites for hydroxylation is 1. The molecule has 0 amide bonds. The summed E-state index contributed by atoms with van der Waals surface area (Å²) in [7, 11) is 0. The molecule has 0 aliphatic carbocycles. The second kappa shape index (κ2) is 8.23. The molecule has 0 aliphatic rings. The summed E-state index contributed by atoms with van der Waals surface area (Å²) in [6, 6.07) is 22.5. The van der Waals surface area contributed by atoms with Gasteiger partial charge in [0.1, 0.15) is 0 Å². The number of benzene rings is 3. The van der Waals surface area contributed by atoms with Crippen molar-refractivity contribution in [1.82, 2.24) is 9.55 Å². The number of aromatic nitrogens is 2. The van der Waals surface area contributed by atoms with Gasteiger partial charge in [-0.25, -0.2) is 4.98 Å². The Bertz CT molecular complexity index is 1250. The molecule has 0 aliphatic heterocycles. The molecule has 0 bridgehead atoms. The van der Waals surface area contributed by atoms with Crippen LogP contribution in [0.15, 0.2) is 82.7 Å². The molecule has 0 atom stereocenters. The number of nitrogens with zero attached hydrogens (tertiary/aromatic N) is 3. The Hall–Kier alpha value is -3.53. The van der Waals surface area contributed by atoms with E-state index in [4.69, 9.17) is 0 Å². The number of aliphatic imine (C=N–C) groups is 1. The van der Waals surface area contributed by atoms with E-state index in [0.29, 0.717) is 6.54 Å². The van der Waals surface area contributed by atoms with E-state index >= 15 is 0 Å². The van der Waals surface area contributed by atoms with Crippen LogP contribution in [0, 0.1) is 6.92 Å². The van der Waals surface area contributed by atoms with Crippen LogP contribution < -0.4 is 5.56 Å². The highest BCUT2D eigenvalue weighted by Crippen LogP contribution is 2.23. The fourth-order valence-electron chi connectivity index (χ4n) is 3.46. The first-order chi connectivity index (χ1) is 14.2. The van der Waals surface area contributed by atoms with Crippen molar-refractivity contribution in [2.75, 3.05) is 6.54 Å². The highest BCUT2D eigenvalue weighted by Gasteiger charge is 2.07. The third kappa shape index (κ3) is 4.02. The van der Waals surface area contributed by atoms with E-state index in [1.807, 2.05) is 43.5 Å². The van der Waals surface area contributed by atoms with Crippen LogP contribution in [-0.2, 0) is 6.54 Å². The summed E-state index contributed by atoms with van der Waals surface area (Å²) < 4.78 is 1.77. The van der Waals surface area contributed by atoms with Gasteiger partial charge in [0.05, 0.1) is 23.8 Å². The van der Waals surface area contributed by atoms with Crippen molar-refractivity contribution in [1.29, 1.82) is 0 Å². The molecule has 4 rings (SSSR count). The summed E-state index contributed by atoms with van der Waals surface area (Å²) in [6.07, 6.45) is 3.33. The van der Waals surface area contributed by atoms with Gasteiger partial charge in [-0.05, 0) is 65.9 Å². The summed E-state index contributed by atoms with van der Waals surface area (Å²) >= 11 is 0. The van der Waals surface area contributed by atoms with Gasteiger partial charge >= 0.3 is 0 Å². The molecular formula is C25H23N3O. The van der Waals surface area contributed by atoms with Crippen LogP contribution in [0.2, 0.25) is 0 Å². The minimum absolute atomic E-state index is 0.0949. The van der Waals surface area contributed by atoms with Crippen LogP contribution >= 0.6 is 0 Å². The van der Waals surface area contributed by atoms with Gasteiger partial charge in [-0.15, -0.1) is 0 Å². The lowest BCUT2D eigenvalue weighted by Crippen LogP contribution is -2.21. The maximum atomic E-state index is 12.5. The van der Waals surface area contributed by atoms with Gasteiger partial charge in [0.25, 0.3) is 5.56 Å². The molecule has 144 valence electrons. The molecule has 0 saturated heterocycles. The molecule has 1 heterocycles. The van der Waals surface area contributed by atoms with Gasteiger partial charge in [0.15, 0.2) is 0 Å². The summed E-state index contributed by atoms with van der Waals surface area (Å²) in [5.41, 5.74) is 7.25. The largest absolute Gasteiger partial charge is 0.301 e. The molecule has 0 unspecified atom stereocenters. The predicted octanol–water partition coefficient (Wildman–Crippen LogP) is 4.86. The summed E-state index contributed by atoms with van der Waals surface area (Å²) in [5.74, 6) is 0. The normalized spacial score (nSPS) is 11.4. The number of hydrogen-bond donors (Lipinski definition) is 0. The maximum absolute atomic E-state index is 12.5. The van der Waals surface area contributed by atoms with E-state index in [1.54, 1.807) is 4.57 Å². The Morgan fingerprint density at radius 2 is 1.83 bits per heavy atom. The molecule has 0 N–H and O–H groups in total. The number of hydrogen-bond acceptors (Lipinski definition) is 3. The molecular weight excluding hydrogens is 358 g/mol. The molecule has 29 heavy (non-hydrogen) atoms. The SMILES string of the molecule is CCN=Cc1cc(-c2cccc(Cn3c(=O)cnc4ccccc43)c2)ccc1C. The maximum Gasteiger partial charge on any atom is 0.269 e. The fourth-order valence-corrected chi connectivity index (χ4v) is 3.46. The minimum atomic E-state index is -0.0949. The zero-order valence-electron chi connectivity index (χ0n) is 16.7. The Morgan fingerprint density at radius 1 is 1.00 bits per heavy atom. The molecule has 0 fully saturated rings. The quantitative estimate of drug-likeness (QED) is 0.464. The smallest absolute Gasteiger partial charge is 0.269 e. The molecule has 1 aromatic heterocycles. The summed E-state index contributed by atoms with van der Waals surface area (Å²) in [6.45, 7) is 5.40. The standard InChI is InChI=1S/C25H23N3O/c1-3-26-15-22-14-21(12-11-18(22)2)20-8-6-7-19(13-20)17-28-24-10-5-4-9-23(24)27-16-25(28)29/h4-16H,3,17H2,1-2H3. The van der Waals surface area contributed by atoms with Gasteiger partial charge in [0, 0.05) is 12.8 Å². The summed E-state index contributed by atoms with van der Waals surface area (Å²) in [4.78, 5) is 21.1. The highest BCUT2D eigenvalue weighted by atomic mass is 16.1. The van der Waals surface area contributed by atoms with Crippen LogP contribution in [0.4, 0.5) is 0 Å². The van der Waals surface area contributed by atoms with E-state index in [2.05, 4.69) is 53.3 Å². The van der Waals surface area contributed by atoms with Gasteiger partial charge in [-0.1, -0.05) is 42.5 Å². The average Bonchev–Trinajstić information content (AvgIpc) is 2.75. The van der Waals surface area contributed by atoms with Crippen molar-refractivity contribution in [3.63, 3.8) is 0 Å². The van der Waals surface area contributed by atoms with Crippen LogP contribution in [0.5, 0.6) is 0 Å². The van der Waals surface area contributed by atoms with E-state index in [1.165, 1.54) is 11.8 Å². The third-order valence-electron chi connectivity index (χ3n) is 5.05. The van der Waals surface area contributed by atoms with Crippen molar-refractivity contribution in [2.45, 2.75) is 20.4 Å². The van der Waals surface area contributed by atoms with E-state index in [9.17, 15) is 4.79 Å². The van der Waals surface area contributed by atoms with Gasteiger partial charge in [-0.3, -0.25) is 9.79 Å². The lowest BCUT2D eigenvalue weighted by molar-refractivity contribution is 0.787. The fraction of sp³-hybridized carbons (Fsp3) is 0.160. The van der Waals surface area contributed by atoms with E-state index in [0.717, 1.165) is 39.8 Å². The Balaban J connectivity index is 1.72. The number of fused-ring (bicyclic) bond motifs is 1. The molecule has 4 nitrogen and oxygen atoms in total. The molecule has 0 spiro atoms. The summed E-state index contributed by atoms with van der Waals surface area (Å²) in [5, 5.41) is 0. The van der Waals surface area contributed by atoms with Crippen LogP contribution in [0.3, 0.4) is 0 Å². The van der Waals surface area contributed by atoms with Crippen LogP contribution in [0.25, 0.3) is 22.2 Å². The monoisotopic (exact) mass is 381 g/mol. The Morgan fingerprint density at radius 3 is 2.69 bits per heavy atom. The topological polar surface area (TPSA) is 47.2 Å². The predicted molar refractivity (Wildman–Crippen MR) is 120 cm³/mol. The van der Waals surface area contributed by atoms with Crippen LogP contribution in [-0.4, -0.2) is 22.3 Å². The number of para-hydroxylation sites is 2. The van der Waals surface area contributed by atoms with Crippen molar-refractivity contribution in [3.05, 3.63) is 100.0 Å². The first-order valence-electron chi connectivity index (χ1n) is 9.80. The average molecular weight is 381 g/mol. The zero-order chi connectivity index (χ0) is 20.2. The van der Waals surface area contributed by atoms with Crippen molar-refractivity contribution >= 4 is 17.2 Å². The molecule has 0 radical (unpaired) electrons. The first kappa shape index (κ1) is 18.8. The van der Waals surface area contributed by atoms with Crippen molar-refractivity contribution in [2.24, 2.45) is 4.99 Å². The minimum Gasteiger partial charge on any atom is -0.301 e.